The molecule has 0 fully saturated rings. The molecule has 0 bridgehead atoms. The molecular formula is C50H32N4. The van der Waals surface area contributed by atoms with Gasteiger partial charge in [-0.25, -0.2) is 9.97 Å². The van der Waals surface area contributed by atoms with Crippen LogP contribution in [0.15, 0.2) is 195 Å². The minimum absolute atomic E-state index is 0.621. The second-order valence-corrected chi connectivity index (χ2v) is 13.4. The quantitative estimate of drug-likeness (QED) is 0.163. The van der Waals surface area contributed by atoms with Crippen LogP contribution in [-0.2, 0) is 0 Å². The maximum absolute atomic E-state index is 5.30. The highest BCUT2D eigenvalue weighted by atomic mass is 14.9. The van der Waals surface area contributed by atoms with E-state index in [1.807, 2.05) is 55.0 Å². The minimum Gasteiger partial charge on any atom is -0.263 e. The summed E-state index contributed by atoms with van der Waals surface area (Å²) in [5.74, 6) is 0.621. The molecule has 3 aromatic heterocycles. The molecule has 0 saturated heterocycles. The number of fused-ring (bicyclic) bond motifs is 3. The fourth-order valence-electron chi connectivity index (χ4n) is 7.79. The van der Waals surface area contributed by atoms with Crippen molar-refractivity contribution in [1.82, 2.24) is 19.9 Å². The first kappa shape index (κ1) is 31.4. The van der Waals surface area contributed by atoms with Crippen LogP contribution in [0.4, 0.5) is 0 Å². The highest BCUT2D eigenvalue weighted by molar-refractivity contribution is 6.21. The van der Waals surface area contributed by atoms with E-state index in [1.54, 1.807) is 0 Å². The summed E-state index contributed by atoms with van der Waals surface area (Å²) in [6, 6.07) is 61.7. The third kappa shape index (κ3) is 5.49. The summed E-state index contributed by atoms with van der Waals surface area (Å²) >= 11 is 0. The van der Waals surface area contributed by atoms with Gasteiger partial charge in [-0.05, 0) is 73.5 Å². The number of rotatable bonds is 6. The van der Waals surface area contributed by atoms with Crippen LogP contribution in [0.1, 0.15) is 0 Å². The monoisotopic (exact) mass is 688 g/mol. The maximum Gasteiger partial charge on any atom is 0.162 e. The fraction of sp³-hybridized carbons (Fsp3) is 0. The van der Waals surface area contributed by atoms with Crippen molar-refractivity contribution >= 4 is 32.3 Å². The molecule has 0 aliphatic rings. The van der Waals surface area contributed by atoms with Gasteiger partial charge in [-0.2, -0.15) is 0 Å². The van der Waals surface area contributed by atoms with E-state index in [-0.39, 0.29) is 0 Å². The van der Waals surface area contributed by atoms with Crippen LogP contribution in [0.25, 0.3) is 99.7 Å². The van der Waals surface area contributed by atoms with Gasteiger partial charge in [0.1, 0.15) is 0 Å². The van der Waals surface area contributed by atoms with E-state index >= 15 is 0 Å². The molecule has 4 heteroatoms. The van der Waals surface area contributed by atoms with Crippen molar-refractivity contribution in [3.63, 3.8) is 0 Å². The Labute approximate surface area is 313 Å². The highest BCUT2D eigenvalue weighted by Gasteiger charge is 2.19. The number of nitrogens with zero attached hydrogens (tertiary/aromatic N) is 4. The third-order valence-corrected chi connectivity index (χ3v) is 10.2. The van der Waals surface area contributed by atoms with E-state index < -0.39 is 0 Å². The third-order valence-electron chi connectivity index (χ3n) is 10.2. The van der Waals surface area contributed by atoms with Gasteiger partial charge in [-0.3, -0.25) is 9.97 Å². The molecule has 252 valence electrons. The lowest BCUT2D eigenvalue weighted by Gasteiger charge is -2.18. The first-order valence-corrected chi connectivity index (χ1v) is 18.1. The fourth-order valence-corrected chi connectivity index (χ4v) is 7.79. The molecule has 3 heterocycles. The maximum atomic E-state index is 5.30. The molecule has 0 N–H and O–H groups in total. The molecule has 0 amide bonds. The summed E-state index contributed by atoms with van der Waals surface area (Å²) < 4.78 is 0. The Kier molecular flexibility index (Phi) is 7.77. The molecule has 0 unspecified atom stereocenters. The lowest BCUT2D eigenvalue weighted by molar-refractivity contribution is 1.18. The van der Waals surface area contributed by atoms with Gasteiger partial charge in [-0.1, -0.05) is 152 Å². The first-order chi connectivity index (χ1) is 26.8. The number of pyridine rings is 2. The number of benzene rings is 7. The SMILES string of the molecule is c1ccc(-c2c3ccccc3c(-c3cccc(-c4cc(-c5ccccc5-c5ccccn5)nc(-c5cncc6ccccc56)n4)c3)c3ccccc23)cc1. The largest absolute Gasteiger partial charge is 0.263 e. The van der Waals surface area contributed by atoms with Gasteiger partial charge in [0.05, 0.1) is 17.1 Å². The van der Waals surface area contributed by atoms with Crippen LogP contribution in [0.5, 0.6) is 0 Å². The van der Waals surface area contributed by atoms with Gasteiger partial charge in [0.2, 0.25) is 0 Å². The Morgan fingerprint density at radius 3 is 1.59 bits per heavy atom. The Hall–Kier alpha value is -7.30. The van der Waals surface area contributed by atoms with Crippen molar-refractivity contribution in [3.8, 4) is 67.4 Å². The van der Waals surface area contributed by atoms with Crippen molar-refractivity contribution in [1.29, 1.82) is 0 Å². The van der Waals surface area contributed by atoms with Gasteiger partial charge in [0.15, 0.2) is 5.82 Å². The van der Waals surface area contributed by atoms with E-state index in [2.05, 4.69) is 145 Å². The summed E-state index contributed by atoms with van der Waals surface area (Å²) in [5.41, 5.74) is 11.2. The van der Waals surface area contributed by atoms with E-state index in [1.165, 1.54) is 38.2 Å². The van der Waals surface area contributed by atoms with Crippen molar-refractivity contribution in [2.45, 2.75) is 0 Å². The van der Waals surface area contributed by atoms with E-state index in [9.17, 15) is 0 Å². The van der Waals surface area contributed by atoms with Gasteiger partial charge in [0.25, 0.3) is 0 Å². The second-order valence-electron chi connectivity index (χ2n) is 13.4. The zero-order chi connectivity index (χ0) is 35.8. The second kappa shape index (κ2) is 13.4. The van der Waals surface area contributed by atoms with Gasteiger partial charge >= 0.3 is 0 Å². The normalized spacial score (nSPS) is 11.3. The minimum atomic E-state index is 0.621. The molecular weight excluding hydrogens is 657 g/mol. The van der Waals surface area contributed by atoms with Crippen LogP contribution in [-0.4, -0.2) is 19.9 Å². The number of aromatic nitrogens is 4. The summed E-state index contributed by atoms with van der Waals surface area (Å²) in [7, 11) is 0. The summed E-state index contributed by atoms with van der Waals surface area (Å²) in [6.45, 7) is 0. The predicted molar refractivity (Wildman–Crippen MR) is 223 cm³/mol. The van der Waals surface area contributed by atoms with Crippen molar-refractivity contribution < 1.29 is 0 Å². The molecule has 0 radical (unpaired) electrons. The number of hydrogen-bond donors (Lipinski definition) is 0. The summed E-state index contributed by atoms with van der Waals surface area (Å²) in [4.78, 5) is 19.9. The average molecular weight is 689 g/mol. The van der Waals surface area contributed by atoms with Gasteiger partial charge < -0.3 is 0 Å². The lowest BCUT2D eigenvalue weighted by atomic mass is 9.85. The molecule has 0 spiro atoms. The lowest BCUT2D eigenvalue weighted by Crippen LogP contribution is -1.98. The molecule has 0 saturated carbocycles. The standard InChI is InChI=1S/C50H32N4/c1-2-15-33(16-3-1)48-40-23-8-10-25-42(40)49(43-26-11-9-24-41(43)48)35-19-14-18-34(29-35)46-30-47(39-22-7-6-21-38(39)45-27-12-13-28-52-45)54-50(53-46)44-32-51-31-36-17-4-5-20-37(36)44/h1-32H. The van der Waals surface area contributed by atoms with Crippen molar-refractivity contribution in [2.75, 3.05) is 0 Å². The molecule has 4 nitrogen and oxygen atoms in total. The first-order valence-electron chi connectivity index (χ1n) is 18.1. The van der Waals surface area contributed by atoms with Gasteiger partial charge in [0, 0.05) is 46.2 Å². The van der Waals surface area contributed by atoms with E-state index in [0.717, 1.165) is 55.7 Å². The Morgan fingerprint density at radius 2 is 0.889 bits per heavy atom. The van der Waals surface area contributed by atoms with Gasteiger partial charge in [-0.15, -0.1) is 0 Å². The van der Waals surface area contributed by atoms with Crippen molar-refractivity contribution in [2.24, 2.45) is 0 Å². The Morgan fingerprint density at radius 1 is 0.333 bits per heavy atom. The Bertz CT molecular complexity index is 2930. The zero-order valence-corrected chi connectivity index (χ0v) is 29.3. The van der Waals surface area contributed by atoms with Crippen LogP contribution in [0.2, 0.25) is 0 Å². The van der Waals surface area contributed by atoms with Crippen LogP contribution in [0, 0.1) is 0 Å². The zero-order valence-electron chi connectivity index (χ0n) is 29.3. The summed E-state index contributed by atoms with van der Waals surface area (Å²) in [6.07, 6.45) is 5.59. The van der Waals surface area contributed by atoms with E-state index in [0.29, 0.717) is 5.82 Å². The molecule has 0 aliphatic heterocycles. The smallest absolute Gasteiger partial charge is 0.162 e. The highest BCUT2D eigenvalue weighted by Crippen LogP contribution is 2.44. The van der Waals surface area contributed by atoms with Crippen LogP contribution < -0.4 is 0 Å². The molecule has 54 heavy (non-hydrogen) atoms. The van der Waals surface area contributed by atoms with E-state index in [4.69, 9.17) is 15.0 Å². The average Bonchev–Trinajstić information content (AvgIpc) is 3.25. The Balaban J connectivity index is 1.21. The van der Waals surface area contributed by atoms with Crippen LogP contribution >= 0.6 is 0 Å². The molecule has 10 rings (SSSR count). The molecule has 10 aromatic rings. The number of hydrogen-bond acceptors (Lipinski definition) is 4. The molecule has 7 aromatic carbocycles. The predicted octanol–water partition coefficient (Wildman–Crippen LogP) is 12.7. The summed E-state index contributed by atoms with van der Waals surface area (Å²) in [5, 5.41) is 6.97. The van der Waals surface area contributed by atoms with Crippen molar-refractivity contribution in [3.05, 3.63) is 195 Å². The molecule has 0 atom stereocenters. The molecule has 0 aliphatic carbocycles. The van der Waals surface area contributed by atoms with Crippen LogP contribution in [0.3, 0.4) is 0 Å². The topological polar surface area (TPSA) is 51.6 Å².